The number of furan rings is 1. The quantitative estimate of drug-likeness (QED) is 0.292. The fourth-order valence-corrected chi connectivity index (χ4v) is 4.20. The molecule has 1 aromatic carbocycles. The van der Waals surface area contributed by atoms with Crippen molar-refractivity contribution in [2.45, 2.75) is 26.4 Å². The van der Waals surface area contributed by atoms with Crippen LogP contribution in [0, 0.1) is 7.14 Å². The SMILES string of the molecule is CCC(C)Oc1c(I)cc(/C=C2\N=C(c3ccco3)OC2=O)cc1I. The molecule has 1 aromatic heterocycles. The van der Waals surface area contributed by atoms with E-state index in [0.29, 0.717) is 5.76 Å². The molecular weight excluding hydrogens is 548 g/mol. The lowest BCUT2D eigenvalue weighted by molar-refractivity contribution is -0.130. The van der Waals surface area contributed by atoms with Crippen molar-refractivity contribution in [1.82, 2.24) is 0 Å². The lowest BCUT2D eigenvalue weighted by Gasteiger charge is -2.16. The van der Waals surface area contributed by atoms with Gasteiger partial charge in [-0.1, -0.05) is 6.92 Å². The summed E-state index contributed by atoms with van der Waals surface area (Å²) in [6.45, 7) is 4.13. The summed E-state index contributed by atoms with van der Waals surface area (Å²) in [6.07, 6.45) is 4.30. The van der Waals surface area contributed by atoms with E-state index in [0.717, 1.165) is 24.9 Å². The molecular formula is C18H15I2NO4. The van der Waals surface area contributed by atoms with Gasteiger partial charge in [0, 0.05) is 0 Å². The summed E-state index contributed by atoms with van der Waals surface area (Å²) < 4.78 is 18.3. The van der Waals surface area contributed by atoms with Crippen LogP contribution in [0.15, 0.2) is 45.6 Å². The lowest BCUT2D eigenvalue weighted by Crippen LogP contribution is -2.11. The fraction of sp³-hybridized carbons (Fsp3) is 0.222. The standard InChI is InChI=1S/C18H15I2NO4/c1-3-10(2)24-16-12(19)7-11(8-13(16)20)9-14-18(22)25-17(21-14)15-5-4-6-23-15/h4-10H,3H2,1-2H3/b14-9-. The zero-order valence-corrected chi connectivity index (χ0v) is 17.9. The predicted octanol–water partition coefficient (Wildman–Crippen LogP) is 5.01. The molecule has 0 saturated carbocycles. The number of hydrogen-bond acceptors (Lipinski definition) is 5. The molecule has 0 fully saturated rings. The molecule has 1 unspecified atom stereocenters. The van der Waals surface area contributed by atoms with Crippen LogP contribution in [0.25, 0.3) is 6.08 Å². The summed E-state index contributed by atoms with van der Waals surface area (Å²) in [4.78, 5) is 16.3. The van der Waals surface area contributed by atoms with Crippen LogP contribution < -0.4 is 4.74 Å². The second-order valence-corrected chi connectivity index (χ2v) is 7.79. The average Bonchev–Trinajstić information content (AvgIpc) is 3.21. The van der Waals surface area contributed by atoms with Crippen LogP contribution in [-0.4, -0.2) is 18.0 Å². The van der Waals surface area contributed by atoms with Crippen LogP contribution >= 0.6 is 45.2 Å². The maximum absolute atomic E-state index is 12.0. The molecule has 7 heteroatoms. The Morgan fingerprint density at radius 2 is 2.04 bits per heavy atom. The Morgan fingerprint density at radius 1 is 1.32 bits per heavy atom. The molecule has 0 N–H and O–H groups in total. The van der Waals surface area contributed by atoms with Crippen LogP contribution in [0.1, 0.15) is 31.6 Å². The molecule has 2 heterocycles. The zero-order valence-electron chi connectivity index (χ0n) is 13.6. The van der Waals surface area contributed by atoms with E-state index in [9.17, 15) is 4.79 Å². The van der Waals surface area contributed by atoms with Crippen LogP contribution in [-0.2, 0) is 9.53 Å². The molecule has 0 radical (unpaired) electrons. The number of ether oxygens (including phenoxy) is 2. The highest BCUT2D eigenvalue weighted by Crippen LogP contribution is 2.31. The number of rotatable bonds is 5. The normalized spacial score (nSPS) is 16.7. The first-order chi connectivity index (χ1) is 12.0. The fourth-order valence-electron chi connectivity index (χ4n) is 2.13. The Balaban J connectivity index is 1.90. The van der Waals surface area contributed by atoms with E-state index in [-0.39, 0.29) is 17.7 Å². The van der Waals surface area contributed by atoms with Crippen molar-refractivity contribution in [3.63, 3.8) is 0 Å². The number of halogens is 2. The number of cyclic esters (lactones) is 1. The van der Waals surface area contributed by atoms with Gasteiger partial charge in [0.1, 0.15) is 5.75 Å². The van der Waals surface area contributed by atoms with Gasteiger partial charge in [-0.3, -0.25) is 0 Å². The highest BCUT2D eigenvalue weighted by molar-refractivity contribution is 14.1. The topological polar surface area (TPSA) is 61.0 Å². The maximum atomic E-state index is 12.0. The van der Waals surface area contributed by atoms with Gasteiger partial charge in [-0.2, -0.15) is 0 Å². The first-order valence-electron chi connectivity index (χ1n) is 7.70. The number of carbonyl (C=O) groups is 1. The van der Waals surface area contributed by atoms with E-state index < -0.39 is 5.97 Å². The predicted molar refractivity (Wildman–Crippen MR) is 112 cm³/mol. The van der Waals surface area contributed by atoms with Crippen molar-refractivity contribution in [2.75, 3.05) is 0 Å². The Morgan fingerprint density at radius 3 is 2.64 bits per heavy atom. The zero-order chi connectivity index (χ0) is 18.0. The van der Waals surface area contributed by atoms with Crippen molar-refractivity contribution in [3.8, 4) is 5.75 Å². The number of hydrogen-bond donors (Lipinski definition) is 0. The van der Waals surface area contributed by atoms with Gasteiger partial charge in [0.2, 0.25) is 0 Å². The minimum Gasteiger partial charge on any atom is -0.489 e. The summed E-state index contributed by atoms with van der Waals surface area (Å²) in [5.74, 6) is 0.989. The Hall–Kier alpha value is -1.36. The second kappa shape index (κ2) is 7.90. The molecule has 0 bridgehead atoms. The van der Waals surface area contributed by atoms with E-state index in [1.807, 2.05) is 19.1 Å². The molecule has 1 aliphatic heterocycles. The van der Waals surface area contributed by atoms with Gasteiger partial charge >= 0.3 is 5.97 Å². The van der Waals surface area contributed by atoms with Crippen LogP contribution in [0.2, 0.25) is 0 Å². The van der Waals surface area contributed by atoms with Crippen molar-refractivity contribution in [3.05, 3.63) is 54.7 Å². The minimum absolute atomic E-state index is 0.150. The third kappa shape index (κ3) is 4.25. The van der Waals surface area contributed by atoms with Crippen LogP contribution in [0.4, 0.5) is 0 Å². The van der Waals surface area contributed by atoms with Gasteiger partial charge < -0.3 is 13.9 Å². The highest BCUT2D eigenvalue weighted by Gasteiger charge is 2.26. The average molecular weight is 563 g/mol. The molecule has 1 atom stereocenters. The molecule has 0 aliphatic carbocycles. The third-order valence-electron chi connectivity index (χ3n) is 3.57. The maximum Gasteiger partial charge on any atom is 0.363 e. The first kappa shape index (κ1) is 18.4. The number of carbonyl (C=O) groups excluding carboxylic acids is 1. The van der Waals surface area contributed by atoms with Crippen molar-refractivity contribution >= 4 is 63.1 Å². The van der Waals surface area contributed by atoms with Crippen LogP contribution in [0.3, 0.4) is 0 Å². The lowest BCUT2D eigenvalue weighted by atomic mass is 10.2. The van der Waals surface area contributed by atoms with Gasteiger partial charge in [0.05, 0.1) is 19.5 Å². The smallest absolute Gasteiger partial charge is 0.363 e. The van der Waals surface area contributed by atoms with Gasteiger partial charge in [0.25, 0.3) is 5.90 Å². The summed E-state index contributed by atoms with van der Waals surface area (Å²) in [7, 11) is 0. The second-order valence-electron chi connectivity index (χ2n) is 5.46. The molecule has 1 aliphatic rings. The monoisotopic (exact) mass is 563 g/mol. The third-order valence-corrected chi connectivity index (χ3v) is 5.17. The van der Waals surface area contributed by atoms with Gasteiger partial charge in [0.15, 0.2) is 11.5 Å². The van der Waals surface area contributed by atoms with Crippen molar-refractivity contribution in [2.24, 2.45) is 4.99 Å². The number of esters is 1. The number of aliphatic imine (C=N–C) groups is 1. The largest absolute Gasteiger partial charge is 0.489 e. The van der Waals surface area contributed by atoms with E-state index in [1.165, 1.54) is 6.26 Å². The molecule has 0 amide bonds. The molecule has 25 heavy (non-hydrogen) atoms. The van der Waals surface area contributed by atoms with Gasteiger partial charge in [-0.15, -0.1) is 0 Å². The summed E-state index contributed by atoms with van der Waals surface area (Å²) in [6, 6.07) is 7.33. The molecule has 2 aromatic rings. The van der Waals surface area contributed by atoms with E-state index >= 15 is 0 Å². The Kier molecular flexibility index (Phi) is 5.82. The Bertz CT molecular complexity index is 833. The summed E-state index contributed by atoms with van der Waals surface area (Å²) in [5, 5.41) is 0. The summed E-state index contributed by atoms with van der Waals surface area (Å²) >= 11 is 4.48. The first-order valence-corrected chi connectivity index (χ1v) is 9.85. The van der Waals surface area contributed by atoms with Crippen molar-refractivity contribution in [1.29, 1.82) is 0 Å². The summed E-state index contributed by atoms with van der Waals surface area (Å²) in [5.41, 5.74) is 1.11. The number of benzene rings is 1. The minimum atomic E-state index is -0.489. The molecule has 0 saturated heterocycles. The van der Waals surface area contributed by atoms with Gasteiger partial charge in [-0.25, -0.2) is 9.79 Å². The van der Waals surface area contributed by atoms with E-state index in [2.05, 4.69) is 57.1 Å². The molecule has 3 rings (SSSR count). The molecule has 5 nitrogen and oxygen atoms in total. The number of nitrogens with zero attached hydrogens (tertiary/aromatic N) is 1. The Labute approximate surface area is 172 Å². The van der Waals surface area contributed by atoms with Gasteiger partial charge in [-0.05, 0) is 94.4 Å². The van der Waals surface area contributed by atoms with Crippen LogP contribution in [0.5, 0.6) is 5.75 Å². The molecule has 0 spiro atoms. The van der Waals surface area contributed by atoms with Crippen molar-refractivity contribution < 1.29 is 18.7 Å². The highest BCUT2D eigenvalue weighted by atomic mass is 127. The van der Waals surface area contributed by atoms with E-state index in [4.69, 9.17) is 13.9 Å². The molecule has 130 valence electrons. The van der Waals surface area contributed by atoms with E-state index in [1.54, 1.807) is 18.2 Å².